The second-order valence-corrected chi connectivity index (χ2v) is 8.66. The lowest BCUT2D eigenvalue weighted by Crippen LogP contribution is -2.37. The number of methoxy groups -OCH3 is 3. The normalized spacial score (nSPS) is 22.4. The fraction of sp³-hybridized carbons (Fsp3) is 0.346. The monoisotopic (exact) mass is 467 g/mol. The number of ether oxygens (including phenoxy) is 3. The molecule has 1 unspecified atom stereocenters. The Hall–Kier alpha value is -3.12. The molecule has 0 spiro atoms. The molecular weight excluding hydrogens is 442 g/mol. The van der Waals surface area contributed by atoms with Crippen LogP contribution in [0.5, 0.6) is 11.5 Å². The van der Waals surface area contributed by atoms with Crippen molar-refractivity contribution >= 4 is 29.1 Å². The van der Waals surface area contributed by atoms with Crippen LogP contribution < -0.4 is 9.47 Å². The molecule has 3 atom stereocenters. The minimum Gasteiger partial charge on any atom is -0.493 e. The van der Waals surface area contributed by atoms with E-state index in [-0.39, 0.29) is 11.7 Å². The van der Waals surface area contributed by atoms with E-state index in [1.807, 2.05) is 43.3 Å². The van der Waals surface area contributed by atoms with E-state index in [9.17, 15) is 9.59 Å². The minimum absolute atomic E-state index is 0.0360. The second-order valence-electron chi connectivity index (χ2n) is 8.26. The van der Waals surface area contributed by atoms with Gasteiger partial charge in [0.15, 0.2) is 17.3 Å². The zero-order valence-electron chi connectivity index (χ0n) is 19.1. The number of carbonyl (C=O) groups excluding carboxylic acids is 2. The van der Waals surface area contributed by atoms with Gasteiger partial charge in [-0.15, -0.1) is 0 Å². The third-order valence-corrected chi connectivity index (χ3v) is 6.80. The van der Waals surface area contributed by atoms with E-state index in [2.05, 4.69) is 0 Å². The molecule has 0 saturated carbocycles. The minimum atomic E-state index is -0.701. The van der Waals surface area contributed by atoms with Crippen molar-refractivity contribution in [3.8, 4) is 11.5 Å². The van der Waals surface area contributed by atoms with Crippen LogP contribution >= 0.6 is 11.6 Å². The Kier molecular flexibility index (Phi) is 6.56. The summed E-state index contributed by atoms with van der Waals surface area (Å²) in [5.41, 5.74) is 3.59. The average Bonchev–Trinajstić information content (AvgIpc) is 2.82. The van der Waals surface area contributed by atoms with Crippen LogP contribution in [0.3, 0.4) is 0 Å². The highest BCUT2D eigenvalue weighted by Gasteiger charge is 2.45. The summed E-state index contributed by atoms with van der Waals surface area (Å²) in [6, 6.07) is 13.0. The number of hydrogen-bond acceptors (Lipinski definition) is 6. The predicted molar refractivity (Wildman–Crippen MR) is 126 cm³/mol. The van der Waals surface area contributed by atoms with E-state index in [0.29, 0.717) is 46.3 Å². The fourth-order valence-corrected chi connectivity index (χ4v) is 5.21. The number of hydrogen-bond donors (Lipinski definition) is 0. The van der Waals surface area contributed by atoms with Crippen LogP contribution in [-0.2, 0) is 14.3 Å². The Balaban J connectivity index is 1.84. The summed E-state index contributed by atoms with van der Waals surface area (Å²) >= 11 is 6.43. The van der Waals surface area contributed by atoms with Gasteiger partial charge in [0.25, 0.3) is 0 Å². The number of esters is 1. The van der Waals surface area contributed by atoms with Crippen LogP contribution in [0.15, 0.2) is 58.7 Å². The Labute approximate surface area is 198 Å². The molecule has 1 heterocycles. The number of allylic oxidation sites excluding steroid dienone is 2. The number of aliphatic imine (C=N–C) groups is 1. The number of Topliss-reactive ketones (excluding diaryl/α,β-unsaturated/α-hetero) is 1. The number of carbonyl (C=O) groups is 2. The molecule has 0 fully saturated rings. The van der Waals surface area contributed by atoms with E-state index in [1.165, 1.54) is 7.11 Å². The molecule has 0 bridgehead atoms. The van der Waals surface area contributed by atoms with Crippen molar-refractivity contribution in [2.45, 2.75) is 31.6 Å². The summed E-state index contributed by atoms with van der Waals surface area (Å²) in [7, 11) is 4.46. The van der Waals surface area contributed by atoms with Gasteiger partial charge in [0.2, 0.25) is 0 Å². The summed E-state index contributed by atoms with van der Waals surface area (Å²) < 4.78 is 16.0. The molecule has 0 amide bonds. The lowest BCUT2D eigenvalue weighted by atomic mass is 9.69. The topological polar surface area (TPSA) is 74.2 Å². The Morgan fingerprint density at radius 1 is 1.03 bits per heavy atom. The average molecular weight is 468 g/mol. The first kappa shape index (κ1) is 23.1. The molecule has 7 heteroatoms. The largest absolute Gasteiger partial charge is 0.493 e. The standard InChI is InChI=1S/C26H26ClNO5/c1-14-23(26(30)33-4)24(15-9-10-21(31-2)22(13-15)32-3)25-19(28-14)11-16(12-20(25)29)17-7-5-6-8-18(17)27/h5-10,13,16,23-24H,11-12H2,1-4H3/t16-,23?,24-/m1/s1. The van der Waals surface area contributed by atoms with E-state index in [4.69, 9.17) is 30.8 Å². The van der Waals surface area contributed by atoms with Gasteiger partial charge >= 0.3 is 5.97 Å². The second kappa shape index (κ2) is 9.40. The van der Waals surface area contributed by atoms with E-state index in [1.54, 1.807) is 20.3 Å². The maximum Gasteiger partial charge on any atom is 0.315 e. The van der Waals surface area contributed by atoms with Crippen LogP contribution in [0.4, 0.5) is 0 Å². The molecule has 0 saturated heterocycles. The van der Waals surface area contributed by atoms with Crippen LogP contribution in [-0.4, -0.2) is 38.8 Å². The summed E-state index contributed by atoms with van der Waals surface area (Å²) in [6.07, 6.45) is 0.870. The fourth-order valence-electron chi connectivity index (χ4n) is 4.92. The van der Waals surface area contributed by atoms with Gasteiger partial charge in [-0.3, -0.25) is 14.6 Å². The maximum absolute atomic E-state index is 13.6. The first-order valence-corrected chi connectivity index (χ1v) is 11.1. The first-order chi connectivity index (χ1) is 15.9. The van der Waals surface area contributed by atoms with Crippen molar-refractivity contribution in [1.29, 1.82) is 0 Å². The van der Waals surface area contributed by atoms with Gasteiger partial charge in [0, 0.05) is 34.3 Å². The summed E-state index contributed by atoms with van der Waals surface area (Å²) in [4.78, 5) is 31.1. The molecule has 1 aliphatic heterocycles. The van der Waals surface area contributed by atoms with Gasteiger partial charge in [0.1, 0.15) is 5.92 Å². The van der Waals surface area contributed by atoms with Crippen molar-refractivity contribution in [3.05, 3.63) is 69.9 Å². The number of ketones is 1. The summed E-state index contributed by atoms with van der Waals surface area (Å²) in [5, 5.41) is 0.639. The third-order valence-electron chi connectivity index (χ3n) is 6.46. The van der Waals surface area contributed by atoms with Crippen molar-refractivity contribution in [2.24, 2.45) is 10.9 Å². The van der Waals surface area contributed by atoms with E-state index < -0.39 is 17.8 Å². The number of benzene rings is 2. The molecule has 6 nitrogen and oxygen atoms in total. The van der Waals surface area contributed by atoms with E-state index in [0.717, 1.165) is 11.1 Å². The molecule has 4 rings (SSSR count). The van der Waals surface area contributed by atoms with Gasteiger partial charge in [-0.05, 0) is 48.6 Å². The highest BCUT2D eigenvalue weighted by Crippen LogP contribution is 2.48. The van der Waals surface area contributed by atoms with Gasteiger partial charge in [-0.25, -0.2) is 0 Å². The number of halogens is 1. The molecule has 0 aromatic heterocycles. The molecule has 2 aliphatic rings. The molecule has 2 aromatic rings. The zero-order chi connectivity index (χ0) is 23.7. The smallest absolute Gasteiger partial charge is 0.315 e. The zero-order valence-corrected chi connectivity index (χ0v) is 19.8. The Morgan fingerprint density at radius 3 is 2.42 bits per heavy atom. The lowest BCUT2D eigenvalue weighted by Gasteiger charge is -2.36. The number of rotatable bonds is 5. The van der Waals surface area contributed by atoms with Crippen LogP contribution in [0.2, 0.25) is 5.02 Å². The summed E-state index contributed by atoms with van der Waals surface area (Å²) in [6.45, 7) is 1.81. The van der Waals surface area contributed by atoms with Gasteiger partial charge in [-0.2, -0.15) is 0 Å². The SMILES string of the molecule is COC(=O)C1C(C)=NC2=C(C(=O)C[C@H](c3ccccc3Cl)C2)[C@@H]1c1ccc(OC)c(OC)c1. The highest BCUT2D eigenvalue weighted by atomic mass is 35.5. The molecule has 172 valence electrons. The van der Waals surface area contributed by atoms with Gasteiger partial charge < -0.3 is 14.2 Å². The molecular formula is C26H26ClNO5. The van der Waals surface area contributed by atoms with Gasteiger partial charge in [-0.1, -0.05) is 35.9 Å². The molecule has 1 aliphatic carbocycles. The third kappa shape index (κ3) is 4.15. The molecule has 0 N–H and O–H groups in total. The Morgan fingerprint density at radius 2 is 1.76 bits per heavy atom. The summed E-state index contributed by atoms with van der Waals surface area (Å²) in [5.74, 6) is -0.660. The quantitative estimate of drug-likeness (QED) is 0.571. The van der Waals surface area contributed by atoms with Crippen LogP contribution in [0.25, 0.3) is 0 Å². The van der Waals surface area contributed by atoms with E-state index >= 15 is 0 Å². The highest BCUT2D eigenvalue weighted by molar-refractivity contribution is 6.31. The van der Waals surface area contributed by atoms with Crippen molar-refractivity contribution in [1.82, 2.24) is 0 Å². The maximum atomic E-state index is 13.6. The van der Waals surface area contributed by atoms with Crippen molar-refractivity contribution in [3.63, 3.8) is 0 Å². The number of nitrogens with zero attached hydrogens (tertiary/aromatic N) is 1. The molecule has 0 radical (unpaired) electrons. The molecule has 33 heavy (non-hydrogen) atoms. The lowest BCUT2D eigenvalue weighted by molar-refractivity contribution is -0.143. The van der Waals surface area contributed by atoms with Crippen molar-refractivity contribution < 1.29 is 23.8 Å². The van der Waals surface area contributed by atoms with Crippen LogP contribution in [0, 0.1) is 5.92 Å². The molecule has 2 aromatic carbocycles. The van der Waals surface area contributed by atoms with Crippen LogP contribution in [0.1, 0.15) is 42.7 Å². The predicted octanol–water partition coefficient (Wildman–Crippen LogP) is 5.11. The van der Waals surface area contributed by atoms with Crippen molar-refractivity contribution in [2.75, 3.05) is 21.3 Å². The Bertz CT molecular complexity index is 1170. The first-order valence-electron chi connectivity index (χ1n) is 10.7. The van der Waals surface area contributed by atoms with Gasteiger partial charge in [0.05, 0.1) is 21.3 Å².